The molecular formula is C15H27N5O2. The van der Waals surface area contributed by atoms with Gasteiger partial charge in [-0.2, -0.15) is 0 Å². The molecule has 1 saturated heterocycles. The van der Waals surface area contributed by atoms with Gasteiger partial charge in [-0.1, -0.05) is 6.92 Å². The molecule has 124 valence electrons. The third-order valence-electron chi connectivity index (χ3n) is 4.38. The zero-order valence-corrected chi connectivity index (χ0v) is 13.5. The summed E-state index contributed by atoms with van der Waals surface area (Å²) in [5.41, 5.74) is -0.0224. The minimum absolute atomic E-state index is 0.0224. The summed E-state index contributed by atoms with van der Waals surface area (Å²) in [6, 6.07) is -0.118. The summed E-state index contributed by atoms with van der Waals surface area (Å²) in [6.45, 7) is 9.70. The maximum absolute atomic E-state index is 11.9. The molecule has 2 N–H and O–H groups in total. The molecule has 0 spiro atoms. The Balaban J connectivity index is 1.70. The second-order valence-electron chi connectivity index (χ2n) is 5.86. The predicted octanol–water partition coefficient (Wildman–Crippen LogP) is 0.683. The predicted molar refractivity (Wildman–Crippen MR) is 84.7 cm³/mol. The van der Waals surface area contributed by atoms with Crippen LogP contribution in [-0.2, 0) is 11.3 Å². The smallest absolute Gasteiger partial charge is 0.314 e. The number of nitrogens with zero attached hydrogens (tertiary/aromatic N) is 3. The van der Waals surface area contributed by atoms with Crippen LogP contribution in [0, 0.1) is 0 Å². The number of hydrogen-bond acceptors (Lipinski definition) is 4. The van der Waals surface area contributed by atoms with E-state index in [-0.39, 0.29) is 11.6 Å². The second-order valence-corrected chi connectivity index (χ2v) is 5.86. The molecule has 0 saturated carbocycles. The molecule has 0 radical (unpaired) electrons. The highest BCUT2D eigenvalue weighted by Gasteiger charge is 2.31. The molecule has 7 nitrogen and oxygen atoms in total. The van der Waals surface area contributed by atoms with Gasteiger partial charge >= 0.3 is 6.03 Å². The maximum atomic E-state index is 11.9. The maximum Gasteiger partial charge on any atom is 0.314 e. The lowest BCUT2D eigenvalue weighted by molar-refractivity contribution is -0.0164. The van der Waals surface area contributed by atoms with Crippen molar-refractivity contribution >= 4 is 6.03 Å². The first-order chi connectivity index (χ1) is 10.6. The van der Waals surface area contributed by atoms with Crippen LogP contribution in [0.15, 0.2) is 18.7 Å². The van der Waals surface area contributed by atoms with Crippen LogP contribution in [0.4, 0.5) is 4.79 Å². The van der Waals surface area contributed by atoms with Gasteiger partial charge in [0.05, 0.1) is 19.5 Å². The van der Waals surface area contributed by atoms with Crippen molar-refractivity contribution in [3.8, 4) is 0 Å². The number of urea groups is 1. The Bertz CT molecular complexity index is 445. The molecule has 1 aromatic heterocycles. The van der Waals surface area contributed by atoms with Gasteiger partial charge in [0.15, 0.2) is 0 Å². The Morgan fingerprint density at radius 2 is 2.14 bits per heavy atom. The van der Waals surface area contributed by atoms with Crippen molar-refractivity contribution < 1.29 is 9.53 Å². The van der Waals surface area contributed by atoms with Gasteiger partial charge in [0.2, 0.25) is 0 Å². The molecule has 1 fully saturated rings. The normalized spacial score (nSPS) is 18.6. The molecular weight excluding hydrogens is 282 g/mol. The van der Waals surface area contributed by atoms with Crippen molar-refractivity contribution in [2.24, 2.45) is 0 Å². The average molecular weight is 309 g/mol. The highest BCUT2D eigenvalue weighted by atomic mass is 16.5. The Morgan fingerprint density at radius 3 is 2.77 bits per heavy atom. The fraction of sp³-hybridized carbons (Fsp3) is 0.733. The molecule has 2 heterocycles. The minimum Gasteiger partial charge on any atom is -0.379 e. The van der Waals surface area contributed by atoms with Crippen molar-refractivity contribution in [3.05, 3.63) is 18.7 Å². The monoisotopic (exact) mass is 309 g/mol. The van der Waals surface area contributed by atoms with Gasteiger partial charge in [0, 0.05) is 50.7 Å². The summed E-state index contributed by atoms with van der Waals surface area (Å²) in [7, 11) is 0. The van der Waals surface area contributed by atoms with E-state index in [1.165, 1.54) is 0 Å². The molecule has 2 rings (SSSR count). The van der Waals surface area contributed by atoms with Crippen LogP contribution < -0.4 is 10.6 Å². The van der Waals surface area contributed by atoms with Gasteiger partial charge in [0.25, 0.3) is 0 Å². The number of carbonyl (C=O) groups is 1. The molecule has 1 aromatic rings. The van der Waals surface area contributed by atoms with E-state index in [2.05, 4.69) is 34.4 Å². The number of morpholine rings is 1. The number of carbonyl (C=O) groups excluding carboxylic acids is 1. The molecule has 0 aromatic carbocycles. The van der Waals surface area contributed by atoms with Gasteiger partial charge in [-0.15, -0.1) is 0 Å². The molecule has 7 heteroatoms. The van der Waals surface area contributed by atoms with Crippen LogP contribution >= 0.6 is 0 Å². The number of imidazole rings is 1. The lowest BCUT2D eigenvalue weighted by atomic mass is 9.95. The molecule has 22 heavy (non-hydrogen) atoms. The number of ether oxygens (including phenoxy) is 1. The van der Waals surface area contributed by atoms with E-state index in [0.29, 0.717) is 13.1 Å². The SMILES string of the molecule is CC[C@](C)(CNC(=O)NCCn1ccnc1)N1CCOCC1. The molecule has 0 unspecified atom stereocenters. The largest absolute Gasteiger partial charge is 0.379 e. The summed E-state index contributed by atoms with van der Waals surface area (Å²) in [6.07, 6.45) is 6.34. The van der Waals surface area contributed by atoms with E-state index < -0.39 is 0 Å². The van der Waals surface area contributed by atoms with Crippen molar-refractivity contribution in [2.75, 3.05) is 39.4 Å². The topological polar surface area (TPSA) is 71.4 Å². The number of nitrogens with one attached hydrogen (secondary N) is 2. The van der Waals surface area contributed by atoms with Gasteiger partial charge in [0.1, 0.15) is 0 Å². The van der Waals surface area contributed by atoms with Crippen LogP contribution in [0.1, 0.15) is 20.3 Å². The molecule has 0 aliphatic carbocycles. The first-order valence-corrected chi connectivity index (χ1v) is 7.94. The lowest BCUT2D eigenvalue weighted by Gasteiger charge is -2.43. The van der Waals surface area contributed by atoms with Gasteiger partial charge in [-0.3, -0.25) is 4.90 Å². The number of hydrogen-bond donors (Lipinski definition) is 2. The second kappa shape index (κ2) is 8.14. The summed E-state index contributed by atoms with van der Waals surface area (Å²) in [5.74, 6) is 0. The average Bonchev–Trinajstić information content (AvgIpc) is 3.07. The third-order valence-corrected chi connectivity index (χ3v) is 4.38. The fourth-order valence-corrected chi connectivity index (χ4v) is 2.61. The highest BCUT2D eigenvalue weighted by Crippen LogP contribution is 2.19. The van der Waals surface area contributed by atoms with Crippen molar-refractivity contribution in [1.82, 2.24) is 25.1 Å². The lowest BCUT2D eigenvalue weighted by Crippen LogP contribution is -2.57. The highest BCUT2D eigenvalue weighted by molar-refractivity contribution is 5.73. The van der Waals surface area contributed by atoms with E-state index in [4.69, 9.17) is 4.74 Å². The summed E-state index contributed by atoms with van der Waals surface area (Å²) in [5, 5.41) is 5.87. The molecule has 1 aliphatic heterocycles. The Kier molecular flexibility index (Phi) is 6.21. The first kappa shape index (κ1) is 16.8. The van der Waals surface area contributed by atoms with Crippen molar-refractivity contribution in [1.29, 1.82) is 0 Å². The zero-order chi connectivity index (χ0) is 15.8. The van der Waals surface area contributed by atoms with E-state index in [0.717, 1.165) is 39.3 Å². The molecule has 0 bridgehead atoms. The van der Waals surface area contributed by atoms with E-state index >= 15 is 0 Å². The van der Waals surface area contributed by atoms with Crippen LogP contribution in [-0.4, -0.2) is 65.4 Å². The number of aromatic nitrogens is 2. The van der Waals surface area contributed by atoms with Crippen LogP contribution in [0.5, 0.6) is 0 Å². The quantitative estimate of drug-likeness (QED) is 0.777. The summed E-state index contributed by atoms with van der Waals surface area (Å²) >= 11 is 0. The fourth-order valence-electron chi connectivity index (χ4n) is 2.61. The van der Waals surface area contributed by atoms with Crippen molar-refractivity contribution in [2.45, 2.75) is 32.4 Å². The Hall–Kier alpha value is -1.60. The summed E-state index contributed by atoms with van der Waals surface area (Å²) < 4.78 is 7.34. The number of amides is 2. The first-order valence-electron chi connectivity index (χ1n) is 7.94. The zero-order valence-electron chi connectivity index (χ0n) is 13.5. The molecule has 1 atom stereocenters. The van der Waals surface area contributed by atoms with E-state index in [1.54, 1.807) is 12.5 Å². The minimum atomic E-state index is -0.118. The van der Waals surface area contributed by atoms with E-state index in [1.807, 2.05) is 10.8 Å². The number of rotatable bonds is 7. The van der Waals surface area contributed by atoms with Gasteiger partial charge < -0.3 is 19.9 Å². The standard InChI is InChI=1S/C15H27N5O2/c1-3-15(2,20-8-10-22-11-9-20)12-18-14(21)17-5-7-19-6-4-16-13-19/h4,6,13H,3,5,7-12H2,1-2H3,(H2,17,18,21)/t15-/m1/s1. The Labute approximate surface area is 132 Å². The summed E-state index contributed by atoms with van der Waals surface area (Å²) in [4.78, 5) is 18.3. The van der Waals surface area contributed by atoms with Crippen LogP contribution in [0.2, 0.25) is 0 Å². The van der Waals surface area contributed by atoms with Crippen LogP contribution in [0.25, 0.3) is 0 Å². The van der Waals surface area contributed by atoms with Crippen LogP contribution in [0.3, 0.4) is 0 Å². The Morgan fingerprint density at radius 1 is 1.36 bits per heavy atom. The molecule has 1 aliphatic rings. The van der Waals surface area contributed by atoms with E-state index in [9.17, 15) is 4.79 Å². The van der Waals surface area contributed by atoms with Crippen molar-refractivity contribution in [3.63, 3.8) is 0 Å². The van der Waals surface area contributed by atoms with Gasteiger partial charge in [-0.25, -0.2) is 9.78 Å². The van der Waals surface area contributed by atoms with Gasteiger partial charge in [-0.05, 0) is 13.3 Å². The third kappa shape index (κ3) is 4.71. The molecule has 2 amide bonds.